The maximum absolute atomic E-state index is 12.5. The highest BCUT2D eigenvalue weighted by atomic mass is 32.2. The summed E-state index contributed by atoms with van der Waals surface area (Å²) in [6, 6.07) is 0. The normalized spacial score (nSPS) is 15.0. The van der Waals surface area contributed by atoms with Gasteiger partial charge in [0.1, 0.15) is 17.1 Å². The highest BCUT2D eigenvalue weighted by molar-refractivity contribution is 7.92. The Balaban J connectivity index is 3.64. The van der Waals surface area contributed by atoms with Crippen LogP contribution in [-0.2, 0) is 16.3 Å². The van der Waals surface area contributed by atoms with Gasteiger partial charge in [-0.25, -0.2) is 5.11 Å². The van der Waals surface area contributed by atoms with Gasteiger partial charge in [-0.3, -0.25) is 0 Å². The fourth-order valence-corrected chi connectivity index (χ4v) is 5.41. The SMILES string of the molecule is CCCCCCCCCCCC[S+]([O-])C(CCCCCCCCC)C(C)[O]. The van der Waals surface area contributed by atoms with Crippen LogP contribution < -0.4 is 0 Å². The number of rotatable bonds is 21. The van der Waals surface area contributed by atoms with E-state index in [1.807, 2.05) is 0 Å². The second-order valence-electron chi connectivity index (χ2n) is 8.42. The van der Waals surface area contributed by atoms with Gasteiger partial charge >= 0.3 is 0 Å². The van der Waals surface area contributed by atoms with Gasteiger partial charge in [-0.1, -0.05) is 104 Å². The van der Waals surface area contributed by atoms with E-state index in [1.54, 1.807) is 6.92 Å². The summed E-state index contributed by atoms with van der Waals surface area (Å²) in [7, 11) is 0. The van der Waals surface area contributed by atoms with Crippen molar-refractivity contribution in [3.8, 4) is 0 Å². The molecule has 163 valence electrons. The number of unbranched alkanes of at least 4 members (excludes halogenated alkanes) is 15. The van der Waals surface area contributed by atoms with Crippen molar-refractivity contribution >= 4 is 11.2 Å². The average molecular weight is 402 g/mol. The largest absolute Gasteiger partial charge is 0.616 e. The van der Waals surface area contributed by atoms with Crippen LogP contribution in [0.2, 0.25) is 0 Å². The quantitative estimate of drug-likeness (QED) is 0.142. The van der Waals surface area contributed by atoms with Crippen molar-refractivity contribution in [2.75, 3.05) is 5.75 Å². The Morgan fingerprint density at radius 1 is 0.630 bits per heavy atom. The minimum Gasteiger partial charge on any atom is -0.616 e. The molecule has 3 unspecified atom stereocenters. The summed E-state index contributed by atoms with van der Waals surface area (Å²) in [6.07, 6.45) is 22.0. The molecule has 0 saturated carbocycles. The van der Waals surface area contributed by atoms with E-state index in [2.05, 4.69) is 13.8 Å². The van der Waals surface area contributed by atoms with Crippen molar-refractivity contribution in [3.63, 3.8) is 0 Å². The molecule has 1 radical (unpaired) electrons. The molecule has 0 aliphatic rings. The van der Waals surface area contributed by atoms with Gasteiger partial charge in [0.05, 0.1) is 0 Å². The molecule has 0 aromatic rings. The monoisotopic (exact) mass is 401 g/mol. The maximum Gasteiger partial charge on any atom is 0.144 e. The van der Waals surface area contributed by atoms with Crippen LogP contribution in [0.3, 0.4) is 0 Å². The standard InChI is InChI=1S/C24H49O2S/c1-4-6-8-10-12-13-14-16-18-20-22-27(26)24(23(3)25)21-19-17-15-11-9-7-5-2/h23-24H,4-22H2,1-3H3. The van der Waals surface area contributed by atoms with Crippen LogP contribution in [0.15, 0.2) is 0 Å². The predicted molar refractivity (Wildman–Crippen MR) is 121 cm³/mol. The molecular weight excluding hydrogens is 352 g/mol. The van der Waals surface area contributed by atoms with Crippen LogP contribution in [0.1, 0.15) is 136 Å². The van der Waals surface area contributed by atoms with E-state index >= 15 is 0 Å². The molecular formula is C24H49O2S. The zero-order valence-corrected chi connectivity index (χ0v) is 19.6. The van der Waals surface area contributed by atoms with Crippen LogP contribution in [0.4, 0.5) is 0 Å². The van der Waals surface area contributed by atoms with E-state index in [0.29, 0.717) is 0 Å². The fourth-order valence-electron chi connectivity index (χ4n) is 3.77. The van der Waals surface area contributed by atoms with Crippen molar-refractivity contribution in [1.29, 1.82) is 0 Å². The topological polar surface area (TPSA) is 43.0 Å². The Labute approximate surface area is 174 Å². The highest BCUT2D eigenvalue weighted by Crippen LogP contribution is 2.19. The van der Waals surface area contributed by atoms with Crippen LogP contribution in [0, 0.1) is 0 Å². The summed E-state index contributed by atoms with van der Waals surface area (Å²) < 4.78 is 12.5. The van der Waals surface area contributed by atoms with E-state index < -0.39 is 17.3 Å². The Bertz CT molecular complexity index is 284. The molecule has 0 rings (SSSR count). The smallest absolute Gasteiger partial charge is 0.144 e. The van der Waals surface area contributed by atoms with Gasteiger partial charge in [0, 0.05) is 0 Å². The Morgan fingerprint density at radius 3 is 1.41 bits per heavy atom. The Hall–Kier alpha value is 0.270. The lowest BCUT2D eigenvalue weighted by Gasteiger charge is -2.23. The lowest BCUT2D eigenvalue weighted by Crippen LogP contribution is -2.33. The first-order chi connectivity index (χ1) is 13.1. The van der Waals surface area contributed by atoms with Gasteiger partial charge in [0.15, 0.2) is 0 Å². The molecule has 0 aromatic carbocycles. The van der Waals surface area contributed by atoms with Crippen LogP contribution in [-0.4, -0.2) is 21.7 Å². The van der Waals surface area contributed by atoms with Gasteiger partial charge in [-0.15, -0.1) is 0 Å². The third-order valence-electron chi connectivity index (χ3n) is 5.65. The summed E-state index contributed by atoms with van der Waals surface area (Å²) >= 11 is -0.923. The predicted octanol–water partition coefficient (Wildman–Crippen LogP) is 7.98. The fraction of sp³-hybridized carbons (Fsp3) is 1.00. The first-order valence-corrected chi connectivity index (χ1v) is 13.5. The number of hydrogen-bond donors (Lipinski definition) is 0. The summed E-state index contributed by atoms with van der Waals surface area (Å²) in [5, 5.41) is 11.8. The zero-order valence-electron chi connectivity index (χ0n) is 18.8. The van der Waals surface area contributed by atoms with Crippen LogP contribution in [0.5, 0.6) is 0 Å². The molecule has 0 fully saturated rings. The maximum atomic E-state index is 12.5. The minimum absolute atomic E-state index is 0.126. The van der Waals surface area contributed by atoms with E-state index in [9.17, 15) is 9.66 Å². The zero-order chi connectivity index (χ0) is 20.2. The molecule has 0 saturated heterocycles. The summed E-state index contributed by atoms with van der Waals surface area (Å²) in [6.45, 7) is 6.21. The van der Waals surface area contributed by atoms with Crippen molar-refractivity contribution < 1.29 is 9.66 Å². The molecule has 0 N–H and O–H groups in total. The highest BCUT2D eigenvalue weighted by Gasteiger charge is 2.27. The van der Waals surface area contributed by atoms with Gasteiger partial charge in [-0.05, 0) is 43.8 Å². The van der Waals surface area contributed by atoms with E-state index in [0.717, 1.165) is 25.0 Å². The van der Waals surface area contributed by atoms with Crippen molar-refractivity contribution in [3.05, 3.63) is 0 Å². The molecule has 0 heterocycles. The van der Waals surface area contributed by atoms with Crippen molar-refractivity contribution in [2.45, 2.75) is 148 Å². The molecule has 0 aliphatic heterocycles. The molecule has 27 heavy (non-hydrogen) atoms. The second-order valence-corrected chi connectivity index (χ2v) is 10.2. The molecule has 0 aromatic heterocycles. The molecule has 2 nitrogen and oxygen atoms in total. The lowest BCUT2D eigenvalue weighted by atomic mass is 10.1. The van der Waals surface area contributed by atoms with E-state index in [1.165, 1.54) is 96.3 Å². The third-order valence-corrected chi connectivity index (χ3v) is 7.64. The molecule has 0 spiro atoms. The average Bonchev–Trinajstić information content (AvgIpc) is 2.65. The van der Waals surface area contributed by atoms with Gasteiger partial charge in [0.2, 0.25) is 0 Å². The van der Waals surface area contributed by atoms with Gasteiger partial charge in [0.25, 0.3) is 0 Å². The first kappa shape index (κ1) is 27.3. The molecule has 3 atom stereocenters. The summed E-state index contributed by atoms with van der Waals surface area (Å²) in [5.74, 6) is 0.740. The molecule has 0 aliphatic carbocycles. The molecule has 0 bridgehead atoms. The minimum atomic E-state index is -0.923. The lowest BCUT2D eigenvalue weighted by molar-refractivity contribution is 0.0976. The van der Waals surface area contributed by atoms with Gasteiger partial charge in [-0.2, -0.15) is 0 Å². The first-order valence-electron chi connectivity index (χ1n) is 12.2. The molecule has 3 heteroatoms. The van der Waals surface area contributed by atoms with E-state index in [4.69, 9.17) is 0 Å². The van der Waals surface area contributed by atoms with Crippen molar-refractivity contribution in [2.24, 2.45) is 0 Å². The Morgan fingerprint density at radius 2 is 1.00 bits per heavy atom. The van der Waals surface area contributed by atoms with E-state index in [-0.39, 0.29) is 5.25 Å². The molecule has 0 amide bonds. The van der Waals surface area contributed by atoms with Crippen molar-refractivity contribution in [1.82, 2.24) is 0 Å². The Kier molecular flexibility index (Phi) is 21.2. The van der Waals surface area contributed by atoms with Gasteiger partial charge < -0.3 is 4.55 Å². The number of hydrogen-bond acceptors (Lipinski definition) is 1. The summed E-state index contributed by atoms with van der Waals surface area (Å²) in [5.41, 5.74) is 0. The third kappa shape index (κ3) is 18.1. The summed E-state index contributed by atoms with van der Waals surface area (Å²) in [4.78, 5) is 0. The van der Waals surface area contributed by atoms with Crippen LogP contribution in [0.25, 0.3) is 0 Å². The van der Waals surface area contributed by atoms with Crippen LogP contribution >= 0.6 is 0 Å². The second kappa shape index (κ2) is 21.0.